The van der Waals surface area contributed by atoms with Crippen LogP contribution >= 0.6 is 0 Å². The predicted molar refractivity (Wildman–Crippen MR) is 118 cm³/mol. The summed E-state index contributed by atoms with van der Waals surface area (Å²) in [4.78, 5) is 62.5. The standard InChI is InChI=1S/C24H17N5O5/c30-20-9-8-18(22(32)27-20)28-23(33)16-7-6-14(13-17(16)24(28)34)3-2-11-25-21(31)19-5-1-4-15-10-12-26-29(15)19/h1,4-7,10,12-13,18H,8-9,11H2,(H,25,31)(H,27,30,32). The summed E-state index contributed by atoms with van der Waals surface area (Å²) in [5.74, 6) is 3.09. The first-order valence-electron chi connectivity index (χ1n) is 10.5. The maximum Gasteiger partial charge on any atom is 0.270 e. The van der Waals surface area contributed by atoms with Crippen molar-refractivity contribution in [1.29, 1.82) is 0 Å². The maximum atomic E-state index is 12.9. The topological polar surface area (TPSA) is 130 Å². The minimum absolute atomic E-state index is 0.0567. The molecule has 1 unspecified atom stereocenters. The fourth-order valence-corrected chi connectivity index (χ4v) is 4.03. The molecule has 2 aliphatic heterocycles. The van der Waals surface area contributed by atoms with Crippen LogP contribution in [0.2, 0.25) is 0 Å². The molecule has 1 fully saturated rings. The summed E-state index contributed by atoms with van der Waals surface area (Å²) in [5, 5.41) is 8.99. The number of carbonyl (C=O) groups excluding carboxylic acids is 5. The van der Waals surface area contributed by atoms with Gasteiger partial charge in [-0.15, -0.1) is 0 Å². The minimum atomic E-state index is -1.02. The summed E-state index contributed by atoms with van der Waals surface area (Å²) in [6.07, 6.45) is 1.75. The van der Waals surface area contributed by atoms with E-state index in [0.717, 1.165) is 10.4 Å². The number of nitrogens with zero attached hydrogens (tertiary/aromatic N) is 3. The molecule has 1 aromatic carbocycles. The summed E-state index contributed by atoms with van der Waals surface area (Å²) in [6, 6.07) is 10.6. The Hall–Kier alpha value is -4.78. The van der Waals surface area contributed by atoms with Gasteiger partial charge in [-0.05, 0) is 42.8 Å². The number of hydrogen-bond acceptors (Lipinski definition) is 6. The molecule has 0 saturated carbocycles. The first-order valence-corrected chi connectivity index (χ1v) is 10.5. The summed E-state index contributed by atoms with van der Waals surface area (Å²) >= 11 is 0. The lowest BCUT2D eigenvalue weighted by atomic mass is 10.0. The van der Waals surface area contributed by atoms with E-state index in [4.69, 9.17) is 0 Å². The van der Waals surface area contributed by atoms with E-state index < -0.39 is 29.7 Å². The second-order valence-electron chi connectivity index (χ2n) is 7.77. The Morgan fingerprint density at radius 1 is 1.09 bits per heavy atom. The van der Waals surface area contributed by atoms with E-state index in [2.05, 4.69) is 27.6 Å². The van der Waals surface area contributed by atoms with Crippen LogP contribution in [0.3, 0.4) is 0 Å². The lowest BCUT2D eigenvalue weighted by Gasteiger charge is -2.27. The zero-order valence-corrected chi connectivity index (χ0v) is 17.7. The Bertz CT molecular complexity index is 1460. The minimum Gasteiger partial charge on any atom is -0.340 e. The zero-order valence-electron chi connectivity index (χ0n) is 17.7. The number of benzene rings is 1. The van der Waals surface area contributed by atoms with E-state index in [1.54, 1.807) is 30.5 Å². The number of rotatable bonds is 3. The van der Waals surface area contributed by atoms with E-state index >= 15 is 0 Å². The monoisotopic (exact) mass is 455 g/mol. The average molecular weight is 455 g/mol. The molecule has 4 heterocycles. The summed E-state index contributed by atoms with van der Waals surface area (Å²) in [6.45, 7) is 0.0584. The van der Waals surface area contributed by atoms with Crippen LogP contribution in [-0.2, 0) is 9.59 Å². The van der Waals surface area contributed by atoms with Gasteiger partial charge in [0, 0.05) is 12.0 Å². The third-order valence-electron chi connectivity index (χ3n) is 5.66. The number of amides is 5. The largest absolute Gasteiger partial charge is 0.340 e. The van der Waals surface area contributed by atoms with Gasteiger partial charge in [-0.2, -0.15) is 5.10 Å². The van der Waals surface area contributed by atoms with Gasteiger partial charge >= 0.3 is 0 Å². The van der Waals surface area contributed by atoms with Crippen molar-refractivity contribution in [2.75, 3.05) is 6.54 Å². The van der Waals surface area contributed by atoms with Gasteiger partial charge in [0.1, 0.15) is 11.7 Å². The third-order valence-corrected chi connectivity index (χ3v) is 5.66. The number of aromatic nitrogens is 2. The normalized spacial score (nSPS) is 17.3. The van der Waals surface area contributed by atoms with Crippen LogP contribution in [-0.4, -0.2) is 56.6 Å². The Balaban J connectivity index is 1.28. The number of pyridine rings is 1. The van der Waals surface area contributed by atoms with Crippen molar-refractivity contribution in [1.82, 2.24) is 25.1 Å². The van der Waals surface area contributed by atoms with Crippen molar-refractivity contribution in [3.63, 3.8) is 0 Å². The summed E-state index contributed by atoms with van der Waals surface area (Å²) in [5.41, 5.74) is 1.98. The Labute approximate surface area is 192 Å². The number of piperidine rings is 1. The molecule has 10 heteroatoms. The molecule has 3 aromatic rings. The molecule has 2 aromatic heterocycles. The van der Waals surface area contributed by atoms with E-state index in [-0.39, 0.29) is 36.4 Å². The van der Waals surface area contributed by atoms with Crippen LogP contribution in [0.1, 0.15) is 49.6 Å². The van der Waals surface area contributed by atoms with Crippen LogP contribution in [0, 0.1) is 11.8 Å². The molecule has 1 atom stereocenters. The Kier molecular flexibility index (Phi) is 5.14. The maximum absolute atomic E-state index is 12.9. The molecule has 1 saturated heterocycles. The van der Waals surface area contributed by atoms with Gasteiger partial charge in [-0.3, -0.25) is 34.2 Å². The number of carbonyl (C=O) groups is 5. The highest BCUT2D eigenvalue weighted by Crippen LogP contribution is 2.28. The molecule has 168 valence electrons. The molecule has 0 aliphatic carbocycles. The number of nitrogens with one attached hydrogen (secondary N) is 2. The number of hydrogen-bond donors (Lipinski definition) is 2. The van der Waals surface area contributed by atoms with Crippen LogP contribution in [0.5, 0.6) is 0 Å². The Morgan fingerprint density at radius 3 is 2.74 bits per heavy atom. The van der Waals surface area contributed by atoms with Gasteiger partial charge < -0.3 is 5.32 Å². The highest BCUT2D eigenvalue weighted by atomic mass is 16.2. The lowest BCUT2D eigenvalue weighted by Crippen LogP contribution is -2.54. The second-order valence-corrected chi connectivity index (χ2v) is 7.77. The number of fused-ring (bicyclic) bond motifs is 2. The smallest absolute Gasteiger partial charge is 0.270 e. The first-order chi connectivity index (χ1) is 16.4. The van der Waals surface area contributed by atoms with Gasteiger partial charge in [-0.25, -0.2) is 4.52 Å². The molecule has 5 rings (SSSR count). The molecule has 0 radical (unpaired) electrons. The first kappa shape index (κ1) is 21.1. The van der Waals surface area contributed by atoms with Crippen LogP contribution in [0.25, 0.3) is 5.52 Å². The second kappa shape index (κ2) is 8.29. The summed E-state index contributed by atoms with van der Waals surface area (Å²) in [7, 11) is 0. The third kappa shape index (κ3) is 3.59. The molecule has 2 N–H and O–H groups in total. The van der Waals surface area contributed by atoms with Crippen molar-refractivity contribution in [2.24, 2.45) is 0 Å². The zero-order chi connectivity index (χ0) is 23.8. The van der Waals surface area contributed by atoms with E-state index in [1.165, 1.54) is 16.6 Å². The highest BCUT2D eigenvalue weighted by Gasteiger charge is 2.44. The molecule has 10 nitrogen and oxygen atoms in total. The van der Waals surface area contributed by atoms with Crippen molar-refractivity contribution in [2.45, 2.75) is 18.9 Å². The van der Waals surface area contributed by atoms with E-state index in [9.17, 15) is 24.0 Å². The van der Waals surface area contributed by atoms with Crippen molar-refractivity contribution in [3.05, 3.63) is 71.0 Å². The van der Waals surface area contributed by atoms with E-state index in [1.807, 2.05) is 6.07 Å². The molecule has 2 aliphatic rings. The van der Waals surface area contributed by atoms with Crippen LogP contribution < -0.4 is 10.6 Å². The molecular weight excluding hydrogens is 438 g/mol. The van der Waals surface area contributed by atoms with Crippen molar-refractivity contribution < 1.29 is 24.0 Å². The quantitative estimate of drug-likeness (QED) is 0.437. The van der Waals surface area contributed by atoms with E-state index in [0.29, 0.717) is 11.3 Å². The Morgan fingerprint density at radius 2 is 1.91 bits per heavy atom. The van der Waals surface area contributed by atoms with Gasteiger partial charge in [0.15, 0.2) is 0 Å². The highest BCUT2D eigenvalue weighted by molar-refractivity contribution is 6.23. The van der Waals surface area contributed by atoms with Crippen molar-refractivity contribution >= 4 is 35.1 Å². The van der Waals surface area contributed by atoms with Gasteiger partial charge in [0.05, 0.1) is 29.4 Å². The fourth-order valence-electron chi connectivity index (χ4n) is 4.03. The fraction of sp³-hybridized carbons (Fsp3) is 0.167. The summed E-state index contributed by atoms with van der Waals surface area (Å²) < 4.78 is 1.53. The number of imide groups is 2. The molecule has 5 amide bonds. The molecule has 0 spiro atoms. The van der Waals surface area contributed by atoms with Gasteiger partial charge in [0.2, 0.25) is 11.8 Å². The molecule has 34 heavy (non-hydrogen) atoms. The van der Waals surface area contributed by atoms with Crippen LogP contribution in [0.4, 0.5) is 0 Å². The van der Waals surface area contributed by atoms with Crippen LogP contribution in [0.15, 0.2) is 48.7 Å². The van der Waals surface area contributed by atoms with Gasteiger partial charge in [0.25, 0.3) is 17.7 Å². The predicted octanol–water partition coefficient (Wildman–Crippen LogP) is 0.517. The molecular formula is C24H17N5O5. The van der Waals surface area contributed by atoms with Crippen molar-refractivity contribution in [3.8, 4) is 11.8 Å². The SMILES string of the molecule is O=C1CCC(N2C(=O)c3ccc(C#CCNC(=O)c4cccc5ccnn45)cc3C2=O)C(=O)N1. The average Bonchev–Trinajstić information content (AvgIpc) is 3.40. The van der Waals surface area contributed by atoms with Gasteiger partial charge in [-0.1, -0.05) is 17.9 Å². The lowest BCUT2D eigenvalue weighted by molar-refractivity contribution is -0.136. The molecule has 0 bridgehead atoms.